The van der Waals surface area contributed by atoms with Crippen molar-refractivity contribution in [2.75, 3.05) is 0 Å². The van der Waals surface area contributed by atoms with E-state index in [1.807, 2.05) is 6.07 Å². The zero-order valence-corrected chi connectivity index (χ0v) is 10.1. The average molecular weight is 217 g/mol. The van der Waals surface area contributed by atoms with E-state index >= 15 is 0 Å². The molecular weight excluding hydrogens is 198 g/mol. The highest BCUT2D eigenvalue weighted by molar-refractivity contribution is 5.73. The van der Waals surface area contributed by atoms with Gasteiger partial charge < -0.3 is 4.42 Å². The minimum Gasteiger partial charge on any atom is -0.441 e. The van der Waals surface area contributed by atoms with E-state index in [4.69, 9.17) is 4.42 Å². The van der Waals surface area contributed by atoms with Crippen LogP contribution in [-0.2, 0) is 6.42 Å². The lowest BCUT2D eigenvalue weighted by molar-refractivity contribution is 0.509. The largest absolute Gasteiger partial charge is 0.441 e. The number of aromatic nitrogens is 1. The zero-order chi connectivity index (χ0) is 11.4. The van der Waals surface area contributed by atoms with Crippen LogP contribution in [0.2, 0.25) is 0 Å². The molecule has 0 spiro atoms. The number of nitrogens with zero attached hydrogens (tertiary/aromatic N) is 1. The van der Waals surface area contributed by atoms with E-state index < -0.39 is 0 Å². The van der Waals surface area contributed by atoms with E-state index in [1.54, 1.807) is 0 Å². The van der Waals surface area contributed by atoms with Crippen LogP contribution in [-0.4, -0.2) is 4.98 Å². The van der Waals surface area contributed by atoms with E-state index in [2.05, 4.69) is 31.0 Å². The van der Waals surface area contributed by atoms with Crippen molar-refractivity contribution >= 4 is 11.1 Å². The molecule has 0 bridgehead atoms. The smallest absolute Gasteiger partial charge is 0.195 e. The number of aryl methyl sites for hydroxylation is 2. The summed E-state index contributed by atoms with van der Waals surface area (Å²) in [7, 11) is 0. The SMILES string of the molecule is CCCCCCc1nc2cc(C)ccc2o1. The van der Waals surface area contributed by atoms with E-state index in [1.165, 1.54) is 31.2 Å². The zero-order valence-electron chi connectivity index (χ0n) is 10.1. The molecule has 0 aliphatic rings. The minimum absolute atomic E-state index is 0.886. The lowest BCUT2D eigenvalue weighted by atomic mass is 10.1. The molecule has 2 rings (SSSR count). The summed E-state index contributed by atoms with van der Waals surface area (Å²) in [5.74, 6) is 0.886. The normalized spacial score (nSPS) is 11.1. The van der Waals surface area contributed by atoms with Crippen LogP contribution in [0.3, 0.4) is 0 Å². The van der Waals surface area contributed by atoms with Crippen LogP contribution in [0.5, 0.6) is 0 Å². The molecule has 86 valence electrons. The summed E-state index contributed by atoms with van der Waals surface area (Å²) in [5, 5.41) is 0. The Labute approximate surface area is 96.7 Å². The van der Waals surface area contributed by atoms with Crippen molar-refractivity contribution in [3.63, 3.8) is 0 Å². The van der Waals surface area contributed by atoms with Gasteiger partial charge in [0.15, 0.2) is 11.5 Å². The first-order valence-electron chi connectivity index (χ1n) is 6.15. The maximum Gasteiger partial charge on any atom is 0.195 e. The Kier molecular flexibility index (Phi) is 3.60. The van der Waals surface area contributed by atoms with Crippen molar-refractivity contribution in [1.29, 1.82) is 0 Å². The summed E-state index contributed by atoms with van der Waals surface area (Å²) in [6.45, 7) is 4.30. The Bertz CT molecular complexity index is 459. The highest BCUT2D eigenvalue weighted by atomic mass is 16.3. The van der Waals surface area contributed by atoms with Crippen LogP contribution >= 0.6 is 0 Å². The maximum absolute atomic E-state index is 5.69. The second-order valence-corrected chi connectivity index (χ2v) is 4.39. The molecule has 0 fully saturated rings. The van der Waals surface area contributed by atoms with Gasteiger partial charge in [0.1, 0.15) is 5.52 Å². The first-order valence-corrected chi connectivity index (χ1v) is 6.15. The van der Waals surface area contributed by atoms with Gasteiger partial charge in [0, 0.05) is 6.42 Å². The molecule has 16 heavy (non-hydrogen) atoms. The molecule has 0 unspecified atom stereocenters. The monoisotopic (exact) mass is 217 g/mol. The highest BCUT2D eigenvalue weighted by Crippen LogP contribution is 2.18. The number of oxazole rings is 1. The summed E-state index contributed by atoms with van der Waals surface area (Å²) in [6.07, 6.45) is 5.99. The lowest BCUT2D eigenvalue weighted by Crippen LogP contribution is -1.85. The van der Waals surface area contributed by atoms with Crippen LogP contribution < -0.4 is 0 Å². The van der Waals surface area contributed by atoms with E-state index in [0.29, 0.717) is 0 Å². The lowest BCUT2D eigenvalue weighted by Gasteiger charge is -1.94. The maximum atomic E-state index is 5.69. The summed E-state index contributed by atoms with van der Waals surface area (Å²) in [5.41, 5.74) is 3.14. The fourth-order valence-electron chi connectivity index (χ4n) is 1.90. The number of hydrogen-bond donors (Lipinski definition) is 0. The fourth-order valence-corrected chi connectivity index (χ4v) is 1.90. The van der Waals surface area contributed by atoms with Gasteiger partial charge in [0.2, 0.25) is 0 Å². The molecule has 0 atom stereocenters. The van der Waals surface area contributed by atoms with E-state index in [0.717, 1.165) is 23.4 Å². The predicted octanol–water partition coefficient (Wildman–Crippen LogP) is 4.26. The molecule has 1 aromatic carbocycles. The number of unbranched alkanes of at least 4 members (excludes halogenated alkanes) is 3. The fraction of sp³-hybridized carbons (Fsp3) is 0.500. The number of benzene rings is 1. The molecule has 0 N–H and O–H groups in total. The van der Waals surface area contributed by atoms with Gasteiger partial charge in [-0.2, -0.15) is 0 Å². The third kappa shape index (κ3) is 2.63. The molecule has 1 heterocycles. The van der Waals surface area contributed by atoms with Crippen molar-refractivity contribution in [2.45, 2.75) is 46.0 Å². The first-order chi connectivity index (χ1) is 7.79. The second-order valence-electron chi connectivity index (χ2n) is 4.39. The molecule has 0 aliphatic carbocycles. The van der Waals surface area contributed by atoms with Gasteiger partial charge in [-0.3, -0.25) is 0 Å². The topological polar surface area (TPSA) is 26.0 Å². The second kappa shape index (κ2) is 5.15. The van der Waals surface area contributed by atoms with Crippen LogP contribution in [0.25, 0.3) is 11.1 Å². The van der Waals surface area contributed by atoms with Gasteiger partial charge >= 0.3 is 0 Å². The molecule has 0 amide bonds. The minimum atomic E-state index is 0.886. The van der Waals surface area contributed by atoms with Crippen molar-refractivity contribution in [2.24, 2.45) is 0 Å². The van der Waals surface area contributed by atoms with Gasteiger partial charge in [0.05, 0.1) is 0 Å². The Balaban J connectivity index is 2.02. The standard InChI is InChI=1S/C14H19NO/c1-3-4-5-6-7-14-15-12-10-11(2)8-9-13(12)16-14/h8-10H,3-7H2,1-2H3. The summed E-state index contributed by atoms with van der Waals surface area (Å²) in [6, 6.07) is 6.15. The summed E-state index contributed by atoms with van der Waals surface area (Å²) < 4.78 is 5.69. The molecule has 2 nitrogen and oxygen atoms in total. The van der Waals surface area contributed by atoms with Crippen LogP contribution in [0, 0.1) is 6.92 Å². The van der Waals surface area contributed by atoms with Crippen LogP contribution in [0.4, 0.5) is 0 Å². The molecule has 2 heteroatoms. The van der Waals surface area contributed by atoms with Crippen molar-refractivity contribution in [3.05, 3.63) is 29.7 Å². The van der Waals surface area contributed by atoms with Gasteiger partial charge in [-0.05, 0) is 31.0 Å². The Morgan fingerprint density at radius 2 is 2.06 bits per heavy atom. The van der Waals surface area contributed by atoms with Gasteiger partial charge in [-0.25, -0.2) is 4.98 Å². The summed E-state index contributed by atoms with van der Waals surface area (Å²) in [4.78, 5) is 4.50. The highest BCUT2D eigenvalue weighted by Gasteiger charge is 2.04. The van der Waals surface area contributed by atoms with Gasteiger partial charge in [-0.15, -0.1) is 0 Å². The average Bonchev–Trinajstić information content (AvgIpc) is 2.66. The first kappa shape index (κ1) is 11.2. The number of fused-ring (bicyclic) bond motifs is 1. The van der Waals surface area contributed by atoms with Crippen molar-refractivity contribution in [1.82, 2.24) is 4.98 Å². The van der Waals surface area contributed by atoms with Crippen LogP contribution in [0.15, 0.2) is 22.6 Å². The molecule has 0 saturated carbocycles. The third-order valence-electron chi connectivity index (χ3n) is 2.83. The Morgan fingerprint density at radius 3 is 2.88 bits per heavy atom. The van der Waals surface area contributed by atoms with E-state index in [9.17, 15) is 0 Å². The molecule has 0 aliphatic heterocycles. The Hall–Kier alpha value is -1.31. The van der Waals surface area contributed by atoms with Crippen molar-refractivity contribution < 1.29 is 4.42 Å². The van der Waals surface area contributed by atoms with Crippen molar-refractivity contribution in [3.8, 4) is 0 Å². The predicted molar refractivity (Wildman–Crippen MR) is 66.6 cm³/mol. The van der Waals surface area contributed by atoms with E-state index in [-0.39, 0.29) is 0 Å². The summed E-state index contributed by atoms with van der Waals surface area (Å²) >= 11 is 0. The Morgan fingerprint density at radius 1 is 1.19 bits per heavy atom. The molecular formula is C14H19NO. The molecule has 0 radical (unpaired) electrons. The van der Waals surface area contributed by atoms with Gasteiger partial charge in [0.25, 0.3) is 0 Å². The van der Waals surface area contributed by atoms with Crippen LogP contribution in [0.1, 0.15) is 44.1 Å². The number of hydrogen-bond acceptors (Lipinski definition) is 2. The van der Waals surface area contributed by atoms with Gasteiger partial charge in [-0.1, -0.05) is 32.3 Å². The quantitative estimate of drug-likeness (QED) is 0.699. The number of rotatable bonds is 5. The molecule has 2 aromatic rings. The third-order valence-corrected chi connectivity index (χ3v) is 2.83. The molecule has 1 aromatic heterocycles. The molecule has 0 saturated heterocycles.